The summed E-state index contributed by atoms with van der Waals surface area (Å²) < 4.78 is 86.7. The molecule has 2 saturated heterocycles. The molecule has 1 amide bonds. The summed E-state index contributed by atoms with van der Waals surface area (Å²) in [5.74, 6) is -7.42. The molecule has 1 aromatic heterocycles. The average molecular weight is 666 g/mol. The monoisotopic (exact) mass is 665 g/mol. The number of amides is 1. The maximum Gasteiger partial charge on any atom is 0.393 e. The number of nitrogen functional groups attached to an aromatic ring is 1. The van der Waals surface area contributed by atoms with Crippen molar-refractivity contribution in [3.05, 3.63) is 82.3 Å². The zero-order valence-electron chi connectivity index (χ0n) is 24.5. The van der Waals surface area contributed by atoms with Gasteiger partial charge in [-0.15, -0.1) is 0 Å². The number of hydrogen-bond acceptors (Lipinski definition) is 8. The lowest BCUT2D eigenvalue weighted by molar-refractivity contribution is -0.192. The average Bonchev–Trinajstić information content (AvgIpc) is 3.59. The van der Waals surface area contributed by atoms with Crippen LogP contribution < -0.4 is 11.1 Å². The highest BCUT2D eigenvalue weighted by Gasteiger charge is 2.54. The number of amidine groups is 1. The van der Waals surface area contributed by atoms with Crippen molar-refractivity contribution in [2.24, 2.45) is 11.7 Å². The number of carbonyl (C=O) groups is 2. The van der Waals surface area contributed by atoms with E-state index in [0.717, 1.165) is 15.1 Å². The molecule has 46 heavy (non-hydrogen) atoms. The number of piperidine rings is 1. The van der Waals surface area contributed by atoms with E-state index in [1.54, 1.807) is 24.3 Å². The van der Waals surface area contributed by atoms with E-state index in [-0.39, 0.29) is 49.0 Å². The summed E-state index contributed by atoms with van der Waals surface area (Å²) in [5, 5.41) is 24.6. The van der Waals surface area contributed by atoms with E-state index in [1.807, 2.05) is 0 Å². The van der Waals surface area contributed by atoms with E-state index in [9.17, 15) is 40.7 Å². The minimum Gasteiger partial charge on any atom is -0.392 e. The number of alkyl halides is 3. The predicted octanol–water partition coefficient (Wildman–Crippen LogP) is 2.72. The number of halogens is 4. The quantitative estimate of drug-likeness (QED) is 0.161. The van der Waals surface area contributed by atoms with Crippen molar-refractivity contribution >= 4 is 33.7 Å². The van der Waals surface area contributed by atoms with Gasteiger partial charge in [-0.2, -0.15) is 35.7 Å². The molecule has 2 aliphatic heterocycles. The van der Waals surface area contributed by atoms with Gasteiger partial charge in [-0.05, 0) is 31.0 Å². The zero-order valence-corrected chi connectivity index (χ0v) is 25.3. The first-order chi connectivity index (χ1) is 21.6. The molecule has 246 valence electrons. The SMILES string of the molecule is Cc1c(C2CN(S(=O)(=O)N3CCC(O)C3)C(=O)CC2C(F)(F)F)nn(C(=O)c2ccccc2F)c1NCc1ccc(C(=N)N)cc1. The molecule has 3 atom stereocenters. The van der Waals surface area contributed by atoms with Gasteiger partial charge < -0.3 is 16.2 Å². The second-order valence-corrected chi connectivity index (χ2v) is 13.1. The maximum absolute atomic E-state index is 14.7. The molecular weight excluding hydrogens is 634 g/mol. The van der Waals surface area contributed by atoms with Gasteiger partial charge in [0.1, 0.15) is 17.5 Å². The summed E-state index contributed by atoms with van der Waals surface area (Å²) >= 11 is 0. The summed E-state index contributed by atoms with van der Waals surface area (Å²) in [4.78, 5) is 26.5. The van der Waals surface area contributed by atoms with Crippen LogP contribution in [0.2, 0.25) is 0 Å². The summed E-state index contributed by atoms with van der Waals surface area (Å²) in [6, 6.07) is 11.4. The van der Waals surface area contributed by atoms with Crippen molar-refractivity contribution in [1.29, 1.82) is 5.41 Å². The second kappa shape index (κ2) is 12.4. The van der Waals surface area contributed by atoms with Crippen LogP contribution in [0.1, 0.15) is 51.5 Å². The Labute approximate surface area is 261 Å². The van der Waals surface area contributed by atoms with E-state index < -0.39 is 70.5 Å². The van der Waals surface area contributed by atoms with E-state index in [0.29, 0.717) is 15.4 Å². The van der Waals surface area contributed by atoms with E-state index in [1.165, 1.54) is 25.1 Å². The molecule has 0 radical (unpaired) electrons. The molecule has 0 saturated carbocycles. The van der Waals surface area contributed by atoms with Gasteiger partial charge >= 0.3 is 16.4 Å². The molecule has 0 aliphatic carbocycles. The van der Waals surface area contributed by atoms with Crippen molar-refractivity contribution < 1.29 is 40.7 Å². The van der Waals surface area contributed by atoms with Gasteiger partial charge in [-0.1, -0.05) is 36.4 Å². The third-order valence-corrected chi connectivity index (χ3v) is 10.1. The Balaban J connectivity index is 1.58. The Bertz CT molecular complexity index is 1780. The molecule has 12 nitrogen and oxygen atoms in total. The fourth-order valence-corrected chi connectivity index (χ4v) is 7.36. The number of carbonyl (C=O) groups excluding carboxylic acids is 2. The molecule has 5 rings (SSSR count). The standard InChI is InChI=1S/C29H31F4N7O5S/c1-16-25(21-15-39(24(42)12-22(21)29(31,32)33)46(44,45)38-11-10-19(41)14-38)37-40(28(43)20-4-2-3-5-23(20)30)27(16)36-13-17-6-8-18(9-7-17)26(34)35/h2-9,19,21-22,36,41H,10-15H2,1H3,(H3,34,35). The van der Waals surface area contributed by atoms with Crippen LogP contribution in [0.3, 0.4) is 0 Å². The largest absolute Gasteiger partial charge is 0.393 e. The molecule has 2 aromatic carbocycles. The molecule has 2 aliphatic rings. The van der Waals surface area contributed by atoms with Crippen LogP contribution >= 0.6 is 0 Å². The number of aliphatic hydroxyl groups is 1. The highest BCUT2D eigenvalue weighted by molar-refractivity contribution is 7.87. The van der Waals surface area contributed by atoms with Crippen molar-refractivity contribution in [3.8, 4) is 0 Å². The van der Waals surface area contributed by atoms with Gasteiger partial charge in [-0.3, -0.25) is 15.0 Å². The molecule has 0 spiro atoms. The van der Waals surface area contributed by atoms with Gasteiger partial charge in [-0.25, -0.2) is 8.70 Å². The van der Waals surface area contributed by atoms with Crippen LogP contribution in [0, 0.1) is 24.1 Å². The summed E-state index contributed by atoms with van der Waals surface area (Å²) in [6.07, 6.45) is -7.02. The normalized spacial score (nSPS) is 21.0. The van der Waals surface area contributed by atoms with Crippen LogP contribution in [-0.4, -0.2) is 81.5 Å². The lowest BCUT2D eigenvalue weighted by atomic mass is 9.82. The highest BCUT2D eigenvalue weighted by Crippen LogP contribution is 2.45. The van der Waals surface area contributed by atoms with E-state index >= 15 is 0 Å². The minimum atomic E-state index is -4.95. The fourth-order valence-electron chi connectivity index (χ4n) is 5.70. The fraction of sp³-hybridized carbons (Fsp3) is 0.379. The topological polar surface area (TPSA) is 175 Å². The molecular formula is C29H31F4N7O5S. The third-order valence-electron chi connectivity index (χ3n) is 8.20. The second-order valence-electron chi connectivity index (χ2n) is 11.2. The molecule has 3 unspecified atom stereocenters. The first-order valence-corrected chi connectivity index (χ1v) is 15.6. The first-order valence-electron chi connectivity index (χ1n) is 14.2. The Morgan fingerprint density at radius 2 is 1.83 bits per heavy atom. The number of aliphatic hydroxyl groups excluding tert-OH is 1. The minimum absolute atomic E-state index is 0.0261. The van der Waals surface area contributed by atoms with Crippen molar-refractivity contribution in [2.45, 2.75) is 44.5 Å². The highest BCUT2D eigenvalue weighted by atomic mass is 32.2. The number of aromatic nitrogens is 2. The molecule has 3 aromatic rings. The number of hydrogen-bond donors (Lipinski definition) is 4. The number of nitrogens with zero attached hydrogens (tertiary/aromatic N) is 4. The molecule has 17 heteroatoms. The zero-order chi connectivity index (χ0) is 33.6. The number of benzene rings is 2. The van der Waals surface area contributed by atoms with Gasteiger partial charge in [0.2, 0.25) is 5.91 Å². The first kappa shape index (κ1) is 33.0. The smallest absolute Gasteiger partial charge is 0.392 e. The van der Waals surface area contributed by atoms with Crippen molar-refractivity contribution in [1.82, 2.24) is 18.4 Å². The van der Waals surface area contributed by atoms with Gasteiger partial charge in [0, 0.05) is 49.6 Å². The van der Waals surface area contributed by atoms with Crippen LogP contribution in [0.4, 0.5) is 23.4 Å². The number of nitrogens with one attached hydrogen (secondary N) is 2. The van der Waals surface area contributed by atoms with Crippen LogP contribution in [0.15, 0.2) is 48.5 Å². The number of rotatable bonds is 8. The van der Waals surface area contributed by atoms with E-state index in [4.69, 9.17) is 11.1 Å². The van der Waals surface area contributed by atoms with Crippen molar-refractivity contribution in [3.63, 3.8) is 0 Å². The summed E-state index contributed by atoms with van der Waals surface area (Å²) in [7, 11) is -4.59. The van der Waals surface area contributed by atoms with Crippen LogP contribution in [0.5, 0.6) is 0 Å². The summed E-state index contributed by atoms with van der Waals surface area (Å²) in [5.41, 5.74) is 5.95. The molecule has 2 fully saturated rings. The Morgan fingerprint density at radius 3 is 2.41 bits per heavy atom. The number of nitrogens with two attached hydrogens (primary N) is 1. The maximum atomic E-state index is 14.7. The number of β-amino-alcohol motifs (C(OH)–C–C–N with tert-alkyl or cyclic N) is 1. The van der Waals surface area contributed by atoms with Crippen LogP contribution in [-0.2, 0) is 21.5 Å². The number of anilines is 1. The molecule has 5 N–H and O–H groups in total. The Kier molecular flexibility index (Phi) is 8.94. The Morgan fingerprint density at radius 1 is 1.15 bits per heavy atom. The predicted molar refractivity (Wildman–Crippen MR) is 158 cm³/mol. The Hall–Kier alpha value is -4.35. The van der Waals surface area contributed by atoms with Gasteiger partial charge in [0.05, 0.1) is 23.3 Å². The van der Waals surface area contributed by atoms with Gasteiger partial charge in [0.15, 0.2) is 0 Å². The van der Waals surface area contributed by atoms with Crippen molar-refractivity contribution in [2.75, 3.05) is 25.0 Å². The third kappa shape index (κ3) is 6.34. The summed E-state index contributed by atoms with van der Waals surface area (Å²) in [6.45, 7) is 0.0702. The van der Waals surface area contributed by atoms with E-state index in [2.05, 4.69) is 10.4 Å². The lowest BCUT2D eigenvalue weighted by Gasteiger charge is -2.39. The van der Waals surface area contributed by atoms with Gasteiger partial charge in [0.25, 0.3) is 5.91 Å². The lowest BCUT2D eigenvalue weighted by Crippen LogP contribution is -2.54. The molecule has 3 heterocycles. The molecule has 0 bridgehead atoms. The van der Waals surface area contributed by atoms with Crippen LogP contribution in [0.25, 0.3) is 0 Å².